The summed E-state index contributed by atoms with van der Waals surface area (Å²) in [6.07, 6.45) is -7.28. The predicted molar refractivity (Wildman–Crippen MR) is 161 cm³/mol. The van der Waals surface area contributed by atoms with E-state index in [9.17, 15) is 25.2 Å². The molecule has 4 aliphatic rings. The van der Waals surface area contributed by atoms with E-state index in [2.05, 4.69) is 20.5 Å². The topological polar surface area (TPSA) is 157 Å². The van der Waals surface area contributed by atoms with Gasteiger partial charge in [0.25, 0.3) is 5.91 Å². The van der Waals surface area contributed by atoms with E-state index in [0.29, 0.717) is 18.5 Å². The lowest BCUT2D eigenvalue weighted by molar-refractivity contribution is -0.316. The molecule has 6 heterocycles. The predicted octanol–water partition coefficient (Wildman–Crippen LogP) is 1.95. The summed E-state index contributed by atoms with van der Waals surface area (Å²) in [5.74, 6) is -0.0904. The van der Waals surface area contributed by atoms with Crippen LogP contribution in [-0.2, 0) is 31.2 Å². The van der Waals surface area contributed by atoms with Gasteiger partial charge in [-0.2, -0.15) is 0 Å². The van der Waals surface area contributed by atoms with Crippen molar-refractivity contribution in [3.63, 3.8) is 0 Å². The zero-order chi connectivity index (χ0) is 31.0. The van der Waals surface area contributed by atoms with Crippen molar-refractivity contribution in [2.75, 3.05) is 20.3 Å². The molecule has 1 amide bonds. The van der Waals surface area contributed by atoms with E-state index in [4.69, 9.17) is 18.9 Å². The molecule has 0 aliphatic carbocycles. The lowest BCUT2D eigenvalue weighted by atomic mass is 9.89. The maximum Gasteiger partial charge on any atom is 0.252 e. The third kappa shape index (κ3) is 3.25. The molecule has 2 saturated heterocycles. The zero-order valence-corrected chi connectivity index (χ0v) is 24.6. The number of hydrogen-bond donors (Lipinski definition) is 5. The Morgan fingerprint density at radius 3 is 2.42 bits per heavy atom. The molecule has 4 aliphatic heterocycles. The number of aliphatic hydroxyl groups is 4. The van der Waals surface area contributed by atoms with Crippen molar-refractivity contribution in [1.29, 1.82) is 0 Å². The molecule has 9 rings (SSSR count). The number of carbonyl (C=O) groups excluding carboxylic acids is 1. The molecule has 5 aromatic rings. The van der Waals surface area contributed by atoms with Crippen molar-refractivity contribution < 1.29 is 44.2 Å². The smallest absolute Gasteiger partial charge is 0.252 e. The fourth-order valence-electron chi connectivity index (χ4n) is 8.45. The first-order valence-corrected chi connectivity index (χ1v) is 15.2. The van der Waals surface area contributed by atoms with Crippen LogP contribution in [0, 0.1) is 0 Å². The van der Waals surface area contributed by atoms with Crippen LogP contribution >= 0.6 is 0 Å². The molecule has 2 aromatic heterocycles. The van der Waals surface area contributed by atoms with Gasteiger partial charge in [0, 0.05) is 41.6 Å². The number of nitrogens with zero attached hydrogens (tertiary/aromatic N) is 2. The quantitative estimate of drug-likeness (QED) is 0.199. The average molecular weight is 616 g/mol. The molecule has 5 N–H and O–H groups in total. The third-order valence-corrected chi connectivity index (χ3v) is 10.7. The molecular weight excluding hydrogens is 582 g/mol. The maximum atomic E-state index is 13.5. The number of benzene rings is 3. The van der Waals surface area contributed by atoms with Crippen molar-refractivity contribution in [3.8, 4) is 0 Å². The number of fused-ring (bicyclic) bond motifs is 13. The second-order valence-corrected chi connectivity index (χ2v) is 12.7. The summed E-state index contributed by atoms with van der Waals surface area (Å²) in [5.41, 5.74) is 3.01. The monoisotopic (exact) mass is 615 g/mol. The molecule has 3 aromatic carbocycles. The third-order valence-electron chi connectivity index (χ3n) is 10.7. The van der Waals surface area contributed by atoms with Crippen LogP contribution in [0.4, 0.5) is 0 Å². The van der Waals surface area contributed by atoms with Crippen LogP contribution in [-0.4, -0.2) is 92.1 Å². The lowest BCUT2D eigenvalue weighted by Crippen LogP contribution is -2.61. The number of aliphatic hydroxyl groups excluding tert-OH is 4. The van der Waals surface area contributed by atoms with Gasteiger partial charge in [-0.3, -0.25) is 4.79 Å². The Labute approximate surface area is 256 Å². The van der Waals surface area contributed by atoms with Crippen LogP contribution in [0.3, 0.4) is 0 Å². The molecule has 0 saturated carbocycles. The van der Waals surface area contributed by atoms with Crippen LogP contribution in [0.1, 0.15) is 35.5 Å². The van der Waals surface area contributed by atoms with E-state index in [1.807, 2.05) is 49.4 Å². The standard InChI is InChI=1S/C33H33N3O9/c1-32-33(42-2,14-43-31-29(40)28(39)27(38)20(13-37)44-31)11-21(45-32)35-18-9-5-3-7-15(18)23-24-17(12-34-30(24)41)22-16-8-4-6-10-19(16)36(32)26(22)25(23)35/h3-10,20-21,27-29,31,37-40H,11-14H2,1-2H3,(H,34,41). The summed E-state index contributed by atoms with van der Waals surface area (Å²) in [6.45, 7) is 1.70. The highest BCUT2D eigenvalue weighted by molar-refractivity contribution is 6.31. The number of aromatic nitrogens is 2. The summed E-state index contributed by atoms with van der Waals surface area (Å²) in [7, 11) is 1.60. The summed E-state index contributed by atoms with van der Waals surface area (Å²) in [4.78, 5) is 13.5. The zero-order valence-electron chi connectivity index (χ0n) is 24.6. The summed E-state index contributed by atoms with van der Waals surface area (Å²) < 4.78 is 29.8. The SMILES string of the molecule is COC1(COC2OC(CO)C(O)C(O)C2O)CC2OC1(C)n1c3ccccc3c3c4c(c5c6ccccc6n2c5c31)C(=O)NC4. The van der Waals surface area contributed by atoms with Gasteiger partial charge in [-0.05, 0) is 24.6 Å². The highest BCUT2D eigenvalue weighted by atomic mass is 16.7. The molecule has 2 bridgehead atoms. The second-order valence-electron chi connectivity index (χ2n) is 12.7. The molecule has 12 heteroatoms. The molecule has 2 fully saturated rings. The van der Waals surface area contributed by atoms with Crippen LogP contribution in [0.25, 0.3) is 43.6 Å². The second kappa shape index (κ2) is 9.24. The Morgan fingerprint density at radius 1 is 0.978 bits per heavy atom. The summed E-state index contributed by atoms with van der Waals surface area (Å²) in [5, 5.41) is 48.1. The van der Waals surface area contributed by atoms with Gasteiger partial charge in [0.2, 0.25) is 0 Å². The molecule has 0 spiro atoms. The fraction of sp³-hybridized carbons (Fsp3) is 0.424. The van der Waals surface area contributed by atoms with Gasteiger partial charge in [-0.15, -0.1) is 0 Å². The summed E-state index contributed by atoms with van der Waals surface area (Å²) in [6, 6.07) is 16.1. The van der Waals surface area contributed by atoms with Crippen molar-refractivity contribution in [3.05, 3.63) is 59.7 Å². The van der Waals surface area contributed by atoms with Crippen molar-refractivity contribution in [2.24, 2.45) is 0 Å². The Hall–Kier alpha value is -3.59. The van der Waals surface area contributed by atoms with Gasteiger partial charge in [0.1, 0.15) is 36.2 Å². The molecule has 45 heavy (non-hydrogen) atoms. The van der Waals surface area contributed by atoms with Gasteiger partial charge in [0.05, 0.1) is 40.8 Å². The van der Waals surface area contributed by atoms with Crippen molar-refractivity contribution >= 4 is 49.5 Å². The highest BCUT2D eigenvalue weighted by Gasteiger charge is 2.63. The van der Waals surface area contributed by atoms with Crippen LogP contribution in [0.15, 0.2) is 48.5 Å². The Balaban J connectivity index is 1.31. The minimum Gasteiger partial charge on any atom is -0.394 e. The molecular formula is C33H33N3O9. The van der Waals surface area contributed by atoms with Gasteiger partial charge in [0.15, 0.2) is 12.0 Å². The van der Waals surface area contributed by atoms with E-state index in [1.54, 1.807) is 7.11 Å². The van der Waals surface area contributed by atoms with Gasteiger partial charge < -0.3 is 53.8 Å². The Kier molecular flexibility index (Phi) is 5.69. The first kappa shape index (κ1) is 27.7. The van der Waals surface area contributed by atoms with Crippen LogP contribution in [0.2, 0.25) is 0 Å². The Bertz CT molecular complexity index is 2070. The molecule has 0 radical (unpaired) electrons. The number of ether oxygens (including phenoxy) is 4. The van der Waals surface area contributed by atoms with Crippen LogP contribution < -0.4 is 5.32 Å². The first-order valence-electron chi connectivity index (χ1n) is 15.2. The highest BCUT2D eigenvalue weighted by Crippen LogP contribution is 2.58. The van der Waals surface area contributed by atoms with E-state index in [0.717, 1.165) is 49.2 Å². The van der Waals surface area contributed by atoms with E-state index < -0.39 is 54.9 Å². The average Bonchev–Trinajstić information content (AvgIpc) is 3.76. The fourth-order valence-corrected chi connectivity index (χ4v) is 8.45. The largest absolute Gasteiger partial charge is 0.394 e. The Morgan fingerprint density at radius 2 is 1.69 bits per heavy atom. The van der Waals surface area contributed by atoms with Crippen molar-refractivity contribution in [1.82, 2.24) is 14.5 Å². The number of nitrogens with one attached hydrogen (secondary N) is 1. The number of methoxy groups -OCH3 is 1. The van der Waals surface area contributed by atoms with Gasteiger partial charge >= 0.3 is 0 Å². The van der Waals surface area contributed by atoms with Gasteiger partial charge in [-0.25, -0.2) is 0 Å². The van der Waals surface area contributed by atoms with E-state index in [1.165, 1.54) is 0 Å². The lowest BCUT2D eigenvalue weighted by Gasteiger charge is -2.44. The molecule has 8 unspecified atom stereocenters. The number of hydrogen-bond acceptors (Lipinski definition) is 9. The normalized spacial score (nSPS) is 34.0. The van der Waals surface area contributed by atoms with E-state index >= 15 is 0 Å². The number of rotatable bonds is 5. The minimum atomic E-state index is -1.57. The van der Waals surface area contributed by atoms with Gasteiger partial charge in [-0.1, -0.05) is 36.4 Å². The first-order chi connectivity index (χ1) is 21.7. The molecule has 234 valence electrons. The molecule has 8 atom stereocenters. The maximum absolute atomic E-state index is 13.5. The summed E-state index contributed by atoms with van der Waals surface area (Å²) >= 11 is 0. The van der Waals surface area contributed by atoms with Crippen LogP contribution in [0.5, 0.6) is 0 Å². The number of carbonyl (C=O) groups is 1. The van der Waals surface area contributed by atoms with E-state index in [-0.39, 0.29) is 12.5 Å². The molecule has 12 nitrogen and oxygen atoms in total. The minimum absolute atomic E-state index is 0.0904. The van der Waals surface area contributed by atoms with Crippen molar-refractivity contribution in [2.45, 2.75) is 68.1 Å². The number of amides is 1. The number of para-hydroxylation sites is 2.